The molecular weight excluding hydrogens is 251 g/mol. The number of rotatable bonds is 8. The topological polar surface area (TPSA) is 24.1 Å². The molecule has 1 unspecified atom stereocenters. The predicted octanol–water partition coefficient (Wildman–Crippen LogP) is 4.65. The Kier molecular flexibility index (Phi) is 8.69. The molecule has 0 aromatic heterocycles. The van der Waals surface area contributed by atoms with E-state index in [4.69, 9.17) is 0 Å². The van der Waals surface area contributed by atoms with Crippen molar-refractivity contribution in [2.24, 2.45) is 11.8 Å². The summed E-state index contributed by atoms with van der Waals surface area (Å²) >= 11 is 0. The van der Waals surface area contributed by atoms with Gasteiger partial charge in [0.2, 0.25) is 0 Å². The second-order valence-corrected chi connectivity index (χ2v) is 5.36. The van der Waals surface area contributed by atoms with E-state index >= 15 is 0 Å². The molecule has 3 heteroatoms. The fourth-order valence-corrected chi connectivity index (χ4v) is 1.63. The molecule has 0 spiro atoms. The number of hydrogen-bond donors (Lipinski definition) is 2. The van der Waals surface area contributed by atoms with Crippen molar-refractivity contribution in [1.29, 1.82) is 0 Å². The monoisotopic (exact) mass is 280 g/mol. The van der Waals surface area contributed by atoms with E-state index in [1.165, 1.54) is 6.08 Å². The Bertz CT molecular complexity index is 403. The van der Waals surface area contributed by atoms with E-state index in [9.17, 15) is 4.39 Å². The molecule has 0 radical (unpaired) electrons. The molecule has 0 heterocycles. The average molecular weight is 280 g/mol. The number of allylic oxidation sites excluding steroid dienone is 5. The van der Waals surface area contributed by atoms with Crippen molar-refractivity contribution in [3.8, 4) is 0 Å². The van der Waals surface area contributed by atoms with E-state index < -0.39 is 0 Å². The highest BCUT2D eigenvalue weighted by molar-refractivity contribution is 5.26. The summed E-state index contributed by atoms with van der Waals surface area (Å²) < 4.78 is 13.9. The zero-order valence-electron chi connectivity index (χ0n) is 13.7. The number of likely N-dealkylation sites (N-methyl/N-ethyl adjacent to an activating group) is 1. The Balaban J connectivity index is 4.72. The van der Waals surface area contributed by atoms with Crippen LogP contribution in [0.25, 0.3) is 0 Å². The van der Waals surface area contributed by atoms with E-state index in [1.807, 2.05) is 40.8 Å². The first-order valence-corrected chi connectivity index (χ1v) is 7.21. The third-order valence-corrected chi connectivity index (χ3v) is 3.19. The average Bonchev–Trinajstić information content (AvgIpc) is 2.36. The van der Waals surface area contributed by atoms with Crippen molar-refractivity contribution >= 4 is 0 Å². The summed E-state index contributed by atoms with van der Waals surface area (Å²) in [5.41, 5.74) is 2.52. The molecule has 0 fully saturated rings. The van der Waals surface area contributed by atoms with Gasteiger partial charge in [-0.3, -0.25) is 0 Å². The van der Waals surface area contributed by atoms with E-state index in [0.29, 0.717) is 5.70 Å². The normalized spacial score (nSPS) is 15.3. The zero-order valence-corrected chi connectivity index (χ0v) is 13.7. The Labute approximate surface area is 123 Å². The number of nitrogens with one attached hydrogen (secondary N) is 2. The lowest BCUT2D eigenvalue weighted by atomic mass is 9.96. The molecule has 0 aliphatic carbocycles. The van der Waals surface area contributed by atoms with Crippen molar-refractivity contribution < 1.29 is 4.39 Å². The lowest BCUT2D eigenvalue weighted by Gasteiger charge is -2.14. The van der Waals surface area contributed by atoms with Crippen molar-refractivity contribution in [2.45, 2.75) is 41.0 Å². The van der Waals surface area contributed by atoms with Gasteiger partial charge >= 0.3 is 0 Å². The highest BCUT2D eigenvalue weighted by Crippen LogP contribution is 2.21. The highest BCUT2D eigenvalue weighted by atomic mass is 19.1. The van der Waals surface area contributed by atoms with E-state index in [0.717, 1.165) is 17.8 Å². The second kappa shape index (κ2) is 9.40. The minimum atomic E-state index is -0.136. The molecule has 0 amide bonds. The standard InChI is InChI=1S/C17H29FN2/c1-8-9-16(19-7)10-13(4)20-14(5)11-17(18)15(6)12(2)3/h9-12,15,19-20H,5,8H2,1-4,6-7H3/b13-10+,16-9-,17-11-. The van der Waals surface area contributed by atoms with Crippen LogP contribution < -0.4 is 10.6 Å². The summed E-state index contributed by atoms with van der Waals surface area (Å²) in [4.78, 5) is 0. The van der Waals surface area contributed by atoms with Crippen LogP contribution in [-0.2, 0) is 0 Å². The molecule has 20 heavy (non-hydrogen) atoms. The molecule has 0 aliphatic heterocycles. The van der Waals surface area contributed by atoms with Gasteiger partial charge in [-0.25, -0.2) is 4.39 Å². The van der Waals surface area contributed by atoms with Gasteiger partial charge in [0, 0.05) is 30.1 Å². The van der Waals surface area contributed by atoms with Crippen LogP contribution in [0.3, 0.4) is 0 Å². The molecule has 0 rings (SSSR count). The van der Waals surface area contributed by atoms with Gasteiger partial charge in [0.05, 0.1) is 0 Å². The number of halogens is 1. The predicted molar refractivity (Wildman–Crippen MR) is 86.7 cm³/mol. The molecule has 1 atom stereocenters. The maximum Gasteiger partial charge on any atom is 0.105 e. The molecular formula is C17H29FN2. The SMILES string of the molecule is C=C(/C=C(\F)C(C)C(C)C)N/C(C)=C/C(=C/CC)NC. The summed E-state index contributed by atoms with van der Waals surface area (Å²) in [6.45, 7) is 13.8. The fourth-order valence-electron chi connectivity index (χ4n) is 1.63. The Morgan fingerprint density at radius 2 is 1.85 bits per heavy atom. The summed E-state index contributed by atoms with van der Waals surface area (Å²) in [5.74, 6) is 0.0491. The summed E-state index contributed by atoms with van der Waals surface area (Å²) in [7, 11) is 1.88. The van der Waals surface area contributed by atoms with E-state index in [-0.39, 0.29) is 17.7 Å². The van der Waals surface area contributed by atoms with Crippen LogP contribution in [0, 0.1) is 11.8 Å². The maximum absolute atomic E-state index is 13.9. The van der Waals surface area contributed by atoms with Crippen LogP contribution in [0.15, 0.2) is 47.7 Å². The summed E-state index contributed by atoms with van der Waals surface area (Å²) in [6.07, 6.45) is 6.50. The van der Waals surface area contributed by atoms with E-state index in [1.54, 1.807) is 0 Å². The van der Waals surface area contributed by atoms with Gasteiger partial charge in [-0.05, 0) is 31.4 Å². The lowest BCUT2D eigenvalue weighted by molar-refractivity contribution is 0.394. The van der Waals surface area contributed by atoms with Gasteiger partial charge in [-0.1, -0.05) is 40.3 Å². The first-order chi connectivity index (χ1) is 9.31. The van der Waals surface area contributed by atoms with Crippen molar-refractivity contribution in [1.82, 2.24) is 10.6 Å². The Hall–Kier alpha value is -1.51. The molecule has 114 valence electrons. The third-order valence-electron chi connectivity index (χ3n) is 3.19. The molecule has 0 aromatic carbocycles. The van der Waals surface area contributed by atoms with Crippen LogP contribution in [0.5, 0.6) is 0 Å². The Morgan fingerprint density at radius 3 is 2.30 bits per heavy atom. The van der Waals surface area contributed by atoms with Crippen LogP contribution in [0.1, 0.15) is 41.0 Å². The summed E-state index contributed by atoms with van der Waals surface area (Å²) in [6, 6.07) is 0. The van der Waals surface area contributed by atoms with E-state index in [2.05, 4.69) is 30.2 Å². The minimum absolute atomic E-state index is 0.0920. The van der Waals surface area contributed by atoms with Gasteiger partial charge < -0.3 is 10.6 Å². The summed E-state index contributed by atoms with van der Waals surface area (Å²) in [5, 5.41) is 6.20. The maximum atomic E-state index is 13.9. The number of hydrogen-bond acceptors (Lipinski definition) is 2. The van der Waals surface area contributed by atoms with Crippen LogP contribution in [0.2, 0.25) is 0 Å². The first-order valence-electron chi connectivity index (χ1n) is 7.21. The third kappa shape index (κ3) is 7.17. The van der Waals surface area contributed by atoms with Crippen molar-refractivity contribution in [3.63, 3.8) is 0 Å². The fraction of sp³-hybridized carbons (Fsp3) is 0.529. The smallest absolute Gasteiger partial charge is 0.105 e. The highest BCUT2D eigenvalue weighted by Gasteiger charge is 2.12. The molecule has 0 aliphatic rings. The van der Waals surface area contributed by atoms with Gasteiger partial charge in [0.15, 0.2) is 0 Å². The second-order valence-electron chi connectivity index (χ2n) is 5.36. The van der Waals surface area contributed by atoms with Crippen LogP contribution in [0.4, 0.5) is 4.39 Å². The van der Waals surface area contributed by atoms with Gasteiger partial charge in [-0.2, -0.15) is 0 Å². The minimum Gasteiger partial charge on any atom is -0.388 e. The molecule has 0 saturated carbocycles. The van der Waals surface area contributed by atoms with Crippen LogP contribution in [-0.4, -0.2) is 7.05 Å². The van der Waals surface area contributed by atoms with Gasteiger partial charge in [0.25, 0.3) is 0 Å². The van der Waals surface area contributed by atoms with Gasteiger partial charge in [0.1, 0.15) is 5.83 Å². The van der Waals surface area contributed by atoms with Gasteiger partial charge in [-0.15, -0.1) is 0 Å². The largest absolute Gasteiger partial charge is 0.388 e. The first kappa shape index (κ1) is 18.5. The Morgan fingerprint density at radius 1 is 1.25 bits per heavy atom. The molecule has 0 saturated heterocycles. The quantitative estimate of drug-likeness (QED) is 0.632. The zero-order chi connectivity index (χ0) is 15.7. The lowest BCUT2D eigenvalue weighted by Crippen LogP contribution is -2.12. The molecule has 2 nitrogen and oxygen atoms in total. The van der Waals surface area contributed by atoms with Crippen molar-refractivity contribution in [2.75, 3.05) is 7.05 Å². The molecule has 0 aromatic rings. The molecule has 2 N–H and O–H groups in total. The van der Waals surface area contributed by atoms with Crippen LogP contribution >= 0.6 is 0 Å². The molecule has 0 bridgehead atoms. The van der Waals surface area contributed by atoms with Crippen molar-refractivity contribution in [3.05, 3.63) is 47.7 Å².